The quantitative estimate of drug-likeness (QED) is 0.856. The zero-order chi connectivity index (χ0) is 16.8. The molecule has 2 heterocycles. The Morgan fingerprint density at radius 2 is 1.71 bits per heavy atom. The fraction of sp³-hybridized carbons (Fsp3) is 0.556. The zero-order valence-corrected chi connectivity index (χ0v) is 14.0. The van der Waals surface area contributed by atoms with Crippen LogP contribution in [0.15, 0.2) is 30.3 Å². The van der Waals surface area contributed by atoms with Gasteiger partial charge in [-0.25, -0.2) is 0 Å². The van der Waals surface area contributed by atoms with E-state index >= 15 is 0 Å². The molecule has 0 radical (unpaired) electrons. The third-order valence-electron chi connectivity index (χ3n) is 4.83. The number of piperazine rings is 1. The number of carbonyl (C=O) groups is 2. The van der Waals surface area contributed by atoms with Gasteiger partial charge < -0.3 is 15.5 Å². The third kappa shape index (κ3) is 4.55. The first-order valence-corrected chi connectivity index (χ1v) is 8.79. The average Bonchev–Trinajstić information content (AvgIpc) is 2.63. The number of likely N-dealkylation sites (tertiary alicyclic amines) is 1. The van der Waals surface area contributed by atoms with Crippen LogP contribution in [0.25, 0.3) is 0 Å². The van der Waals surface area contributed by atoms with Crippen molar-refractivity contribution in [3.8, 4) is 0 Å². The van der Waals surface area contributed by atoms with Crippen molar-refractivity contribution in [2.75, 3.05) is 51.1 Å². The second kappa shape index (κ2) is 8.26. The lowest BCUT2D eigenvalue weighted by atomic mass is 9.95. The molecule has 1 aromatic carbocycles. The van der Waals surface area contributed by atoms with Crippen LogP contribution in [0.5, 0.6) is 0 Å². The van der Waals surface area contributed by atoms with Gasteiger partial charge in [-0.1, -0.05) is 18.2 Å². The van der Waals surface area contributed by atoms with Crippen molar-refractivity contribution in [2.24, 2.45) is 5.92 Å². The topological polar surface area (TPSA) is 64.7 Å². The molecular weight excluding hydrogens is 304 g/mol. The highest BCUT2D eigenvalue weighted by Gasteiger charge is 2.28. The molecule has 3 rings (SSSR count). The van der Waals surface area contributed by atoms with E-state index in [0.717, 1.165) is 44.7 Å². The number of benzene rings is 1. The Labute approximate surface area is 143 Å². The van der Waals surface area contributed by atoms with Crippen LogP contribution < -0.4 is 10.6 Å². The van der Waals surface area contributed by atoms with Crippen molar-refractivity contribution in [2.45, 2.75) is 12.8 Å². The molecule has 0 unspecified atom stereocenters. The van der Waals surface area contributed by atoms with E-state index in [-0.39, 0.29) is 17.7 Å². The maximum Gasteiger partial charge on any atom is 0.236 e. The van der Waals surface area contributed by atoms with Crippen molar-refractivity contribution >= 4 is 17.5 Å². The molecule has 24 heavy (non-hydrogen) atoms. The predicted molar refractivity (Wildman–Crippen MR) is 93.7 cm³/mol. The Balaban J connectivity index is 1.43. The first-order chi connectivity index (χ1) is 11.7. The number of para-hydroxylation sites is 1. The van der Waals surface area contributed by atoms with Gasteiger partial charge in [-0.15, -0.1) is 0 Å². The normalized spacial score (nSPS) is 19.9. The highest BCUT2D eigenvalue weighted by Crippen LogP contribution is 2.19. The van der Waals surface area contributed by atoms with Crippen LogP contribution in [0.3, 0.4) is 0 Å². The molecule has 0 saturated carbocycles. The molecule has 2 amide bonds. The van der Waals surface area contributed by atoms with Crippen LogP contribution in [-0.4, -0.2) is 67.4 Å². The van der Waals surface area contributed by atoms with E-state index in [4.69, 9.17) is 0 Å². The van der Waals surface area contributed by atoms with Gasteiger partial charge in [-0.3, -0.25) is 14.5 Å². The number of nitrogens with zero attached hydrogens (tertiary/aromatic N) is 2. The number of rotatable bonds is 4. The Hall–Kier alpha value is -1.92. The van der Waals surface area contributed by atoms with E-state index in [9.17, 15) is 9.59 Å². The Bertz CT molecular complexity index is 549. The number of hydrogen-bond donors (Lipinski definition) is 2. The molecule has 1 aromatic rings. The molecule has 0 aromatic heterocycles. The molecule has 0 atom stereocenters. The molecule has 2 saturated heterocycles. The van der Waals surface area contributed by atoms with Gasteiger partial charge in [0.2, 0.25) is 11.8 Å². The number of anilines is 1. The van der Waals surface area contributed by atoms with Gasteiger partial charge >= 0.3 is 0 Å². The smallest absolute Gasteiger partial charge is 0.236 e. The van der Waals surface area contributed by atoms with Gasteiger partial charge in [0.25, 0.3) is 0 Å². The molecule has 2 fully saturated rings. The minimum atomic E-state index is -0.00607. The number of piperidine rings is 1. The summed E-state index contributed by atoms with van der Waals surface area (Å²) in [4.78, 5) is 28.8. The summed E-state index contributed by atoms with van der Waals surface area (Å²) in [7, 11) is 0. The summed E-state index contributed by atoms with van der Waals surface area (Å²) in [6, 6.07) is 9.53. The van der Waals surface area contributed by atoms with Crippen molar-refractivity contribution in [1.29, 1.82) is 0 Å². The van der Waals surface area contributed by atoms with Crippen LogP contribution >= 0.6 is 0 Å². The maximum absolute atomic E-state index is 12.4. The van der Waals surface area contributed by atoms with Crippen LogP contribution in [0.2, 0.25) is 0 Å². The van der Waals surface area contributed by atoms with Crippen molar-refractivity contribution in [1.82, 2.24) is 15.1 Å². The SMILES string of the molecule is O=C(Nc1ccccc1)C1CCN(C(=O)CN2CCNCC2)CC1. The predicted octanol–water partition coefficient (Wildman–Crippen LogP) is 0.769. The summed E-state index contributed by atoms with van der Waals surface area (Å²) in [6.07, 6.45) is 1.48. The van der Waals surface area contributed by atoms with Gasteiger partial charge in [-0.05, 0) is 25.0 Å². The van der Waals surface area contributed by atoms with E-state index < -0.39 is 0 Å². The largest absolute Gasteiger partial charge is 0.342 e. The van der Waals surface area contributed by atoms with Gasteiger partial charge in [-0.2, -0.15) is 0 Å². The highest BCUT2D eigenvalue weighted by atomic mass is 16.2. The van der Waals surface area contributed by atoms with E-state index in [2.05, 4.69) is 15.5 Å². The second-order valence-electron chi connectivity index (χ2n) is 6.54. The van der Waals surface area contributed by atoms with Crippen LogP contribution in [0.4, 0.5) is 5.69 Å². The van der Waals surface area contributed by atoms with E-state index in [1.54, 1.807) is 0 Å². The third-order valence-corrected chi connectivity index (χ3v) is 4.83. The number of carbonyl (C=O) groups excluding carboxylic acids is 2. The van der Waals surface area contributed by atoms with Crippen molar-refractivity contribution in [3.05, 3.63) is 30.3 Å². The lowest BCUT2D eigenvalue weighted by Crippen LogP contribution is -2.50. The summed E-state index contributed by atoms with van der Waals surface area (Å²) in [5.74, 6) is 0.252. The first-order valence-electron chi connectivity index (χ1n) is 8.79. The van der Waals surface area contributed by atoms with E-state index in [1.165, 1.54) is 0 Å². The molecule has 0 spiro atoms. The Morgan fingerprint density at radius 3 is 2.38 bits per heavy atom. The zero-order valence-electron chi connectivity index (χ0n) is 14.0. The molecule has 2 aliphatic rings. The van der Waals surface area contributed by atoms with E-state index in [0.29, 0.717) is 19.6 Å². The van der Waals surface area contributed by atoms with E-state index in [1.807, 2.05) is 35.2 Å². The van der Waals surface area contributed by atoms with Gasteiger partial charge in [0, 0.05) is 50.9 Å². The molecule has 6 heteroatoms. The summed E-state index contributed by atoms with van der Waals surface area (Å²) in [6.45, 7) is 5.63. The number of amides is 2. The van der Waals surface area contributed by atoms with Crippen molar-refractivity contribution in [3.63, 3.8) is 0 Å². The van der Waals surface area contributed by atoms with Gasteiger partial charge in [0.15, 0.2) is 0 Å². The Morgan fingerprint density at radius 1 is 1.04 bits per heavy atom. The summed E-state index contributed by atoms with van der Waals surface area (Å²) < 4.78 is 0. The minimum Gasteiger partial charge on any atom is -0.342 e. The lowest BCUT2D eigenvalue weighted by Gasteiger charge is -2.34. The standard InChI is InChI=1S/C18H26N4O2/c23-17(14-21-12-8-19-9-13-21)22-10-6-15(7-11-22)18(24)20-16-4-2-1-3-5-16/h1-5,15,19H,6-14H2,(H,20,24). The first kappa shape index (κ1) is 16.9. The van der Waals surface area contributed by atoms with Crippen LogP contribution in [0, 0.1) is 5.92 Å². The van der Waals surface area contributed by atoms with Crippen molar-refractivity contribution < 1.29 is 9.59 Å². The molecule has 130 valence electrons. The van der Waals surface area contributed by atoms with Gasteiger partial charge in [0.1, 0.15) is 0 Å². The molecular formula is C18H26N4O2. The van der Waals surface area contributed by atoms with Crippen LogP contribution in [-0.2, 0) is 9.59 Å². The molecule has 6 nitrogen and oxygen atoms in total. The summed E-state index contributed by atoms with van der Waals surface area (Å²) >= 11 is 0. The Kier molecular flexibility index (Phi) is 5.82. The molecule has 2 N–H and O–H groups in total. The second-order valence-corrected chi connectivity index (χ2v) is 6.54. The number of nitrogens with one attached hydrogen (secondary N) is 2. The van der Waals surface area contributed by atoms with Gasteiger partial charge in [0.05, 0.1) is 6.54 Å². The molecule has 2 aliphatic heterocycles. The highest BCUT2D eigenvalue weighted by molar-refractivity contribution is 5.92. The average molecular weight is 330 g/mol. The molecule has 0 bridgehead atoms. The lowest BCUT2D eigenvalue weighted by molar-refractivity contribution is -0.135. The van der Waals surface area contributed by atoms with Crippen LogP contribution in [0.1, 0.15) is 12.8 Å². The number of hydrogen-bond acceptors (Lipinski definition) is 4. The summed E-state index contributed by atoms with van der Waals surface area (Å²) in [5, 5.41) is 6.26. The maximum atomic E-state index is 12.4. The monoisotopic (exact) mass is 330 g/mol. The summed E-state index contributed by atoms with van der Waals surface area (Å²) in [5.41, 5.74) is 0.833. The molecule has 0 aliphatic carbocycles. The fourth-order valence-electron chi connectivity index (χ4n) is 3.32. The fourth-order valence-corrected chi connectivity index (χ4v) is 3.32. The minimum absolute atomic E-state index is 0.00607.